The Morgan fingerprint density at radius 1 is 1.03 bits per heavy atom. The molecule has 1 atom stereocenters. The number of hydrogen-bond acceptors (Lipinski definition) is 5. The standard InChI is InChI=1S/C24H28N4O/c1-27(2)22-11-9-21(10-12-22)26-24-13-8-19(16-25-24)17-28-14-15-29-23(18-28)20-6-4-3-5-7-20/h3-13,16,23H,14-15,17-18H2,1-2H3,(H,25,26)/t23-/m1/s1. The fourth-order valence-electron chi connectivity index (χ4n) is 3.56. The zero-order chi connectivity index (χ0) is 20.1. The van der Waals surface area contributed by atoms with Crippen molar-refractivity contribution in [1.29, 1.82) is 0 Å². The Labute approximate surface area is 172 Å². The summed E-state index contributed by atoms with van der Waals surface area (Å²) in [6.45, 7) is 3.50. The number of benzene rings is 2. The molecule has 1 aliphatic rings. The van der Waals surface area contributed by atoms with Crippen LogP contribution in [0.25, 0.3) is 0 Å². The van der Waals surface area contributed by atoms with Gasteiger partial charge in [0, 0.05) is 51.3 Å². The number of hydrogen-bond donors (Lipinski definition) is 1. The van der Waals surface area contributed by atoms with Crippen LogP contribution < -0.4 is 10.2 Å². The van der Waals surface area contributed by atoms with Crippen molar-refractivity contribution in [2.45, 2.75) is 12.6 Å². The number of ether oxygens (including phenoxy) is 1. The van der Waals surface area contributed by atoms with Crippen molar-refractivity contribution in [3.05, 3.63) is 84.1 Å². The Morgan fingerprint density at radius 2 is 1.83 bits per heavy atom. The molecule has 5 nitrogen and oxygen atoms in total. The lowest BCUT2D eigenvalue weighted by Gasteiger charge is -2.33. The highest BCUT2D eigenvalue weighted by Gasteiger charge is 2.21. The molecule has 150 valence electrons. The monoisotopic (exact) mass is 388 g/mol. The Morgan fingerprint density at radius 3 is 2.52 bits per heavy atom. The van der Waals surface area contributed by atoms with E-state index in [-0.39, 0.29) is 6.10 Å². The zero-order valence-electron chi connectivity index (χ0n) is 17.1. The van der Waals surface area contributed by atoms with Crippen molar-refractivity contribution in [3.63, 3.8) is 0 Å². The summed E-state index contributed by atoms with van der Waals surface area (Å²) in [4.78, 5) is 9.12. The first kappa shape index (κ1) is 19.4. The average molecular weight is 389 g/mol. The van der Waals surface area contributed by atoms with Crippen LogP contribution in [0.15, 0.2) is 72.9 Å². The van der Waals surface area contributed by atoms with Gasteiger partial charge in [0.2, 0.25) is 0 Å². The zero-order valence-corrected chi connectivity index (χ0v) is 17.1. The third-order valence-electron chi connectivity index (χ3n) is 5.21. The van der Waals surface area contributed by atoms with E-state index < -0.39 is 0 Å². The first-order valence-corrected chi connectivity index (χ1v) is 10.1. The molecule has 0 aliphatic carbocycles. The summed E-state index contributed by atoms with van der Waals surface area (Å²) < 4.78 is 5.97. The summed E-state index contributed by atoms with van der Waals surface area (Å²) in [7, 11) is 4.08. The van der Waals surface area contributed by atoms with E-state index in [2.05, 4.69) is 74.7 Å². The second kappa shape index (κ2) is 9.07. The molecule has 3 aromatic rings. The average Bonchev–Trinajstić information content (AvgIpc) is 2.76. The summed E-state index contributed by atoms with van der Waals surface area (Å²) in [6.07, 6.45) is 2.10. The lowest BCUT2D eigenvalue weighted by atomic mass is 10.1. The summed E-state index contributed by atoms with van der Waals surface area (Å²) in [5.74, 6) is 0.857. The molecular formula is C24H28N4O. The van der Waals surface area contributed by atoms with Gasteiger partial charge in [-0.25, -0.2) is 4.98 Å². The molecular weight excluding hydrogens is 360 g/mol. The number of rotatable bonds is 6. The van der Waals surface area contributed by atoms with Gasteiger partial charge in [-0.15, -0.1) is 0 Å². The predicted octanol–water partition coefficient (Wildman–Crippen LogP) is 4.46. The van der Waals surface area contributed by atoms with Crippen LogP contribution in [0.3, 0.4) is 0 Å². The van der Waals surface area contributed by atoms with Crippen LogP contribution >= 0.6 is 0 Å². The highest BCUT2D eigenvalue weighted by molar-refractivity contribution is 5.60. The van der Waals surface area contributed by atoms with Gasteiger partial charge in [0.05, 0.1) is 12.7 Å². The molecule has 1 aromatic heterocycles. The number of anilines is 3. The lowest BCUT2D eigenvalue weighted by molar-refractivity contribution is -0.0329. The first-order valence-electron chi connectivity index (χ1n) is 10.1. The minimum Gasteiger partial charge on any atom is -0.378 e. The Kier molecular flexibility index (Phi) is 6.08. The third-order valence-corrected chi connectivity index (χ3v) is 5.21. The highest BCUT2D eigenvalue weighted by Crippen LogP contribution is 2.23. The molecule has 29 heavy (non-hydrogen) atoms. The van der Waals surface area contributed by atoms with Crippen LogP contribution in [0.1, 0.15) is 17.2 Å². The topological polar surface area (TPSA) is 40.6 Å². The second-order valence-corrected chi connectivity index (χ2v) is 7.62. The fraction of sp³-hybridized carbons (Fsp3) is 0.292. The molecule has 5 heteroatoms. The van der Waals surface area contributed by atoms with Crippen LogP contribution in [0.5, 0.6) is 0 Å². The number of nitrogens with zero attached hydrogens (tertiary/aromatic N) is 3. The van der Waals surface area contributed by atoms with Gasteiger partial charge in [-0.3, -0.25) is 4.90 Å². The van der Waals surface area contributed by atoms with Crippen LogP contribution in [0.4, 0.5) is 17.2 Å². The van der Waals surface area contributed by atoms with Crippen molar-refractivity contribution in [2.24, 2.45) is 0 Å². The van der Waals surface area contributed by atoms with Gasteiger partial charge in [-0.05, 0) is 41.5 Å². The van der Waals surface area contributed by atoms with Crippen molar-refractivity contribution < 1.29 is 4.74 Å². The van der Waals surface area contributed by atoms with Crippen molar-refractivity contribution in [3.8, 4) is 0 Å². The molecule has 2 heterocycles. The maximum atomic E-state index is 5.97. The summed E-state index contributed by atoms with van der Waals surface area (Å²) >= 11 is 0. The largest absolute Gasteiger partial charge is 0.378 e. The molecule has 1 fully saturated rings. The third kappa shape index (κ3) is 5.13. The van der Waals surface area contributed by atoms with Gasteiger partial charge in [0.1, 0.15) is 5.82 Å². The van der Waals surface area contributed by atoms with E-state index in [0.717, 1.165) is 37.7 Å². The molecule has 0 saturated carbocycles. The van der Waals surface area contributed by atoms with Gasteiger partial charge in [-0.2, -0.15) is 0 Å². The summed E-state index contributed by atoms with van der Waals surface area (Å²) in [5.41, 5.74) is 4.68. The highest BCUT2D eigenvalue weighted by atomic mass is 16.5. The van der Waals surface area contributed by atoms with E-state index in [0.29, 0.717) is 0 Å². The van der Waals surface area contributed by atoms with Crippen molar-refractivity contribution >= 4 is 17.2 Å². The van der Waals surface area contributed by atoms with E-state index in [1.165, 1.54) is 16.8 Å². The van der Waals surface area contributed by atoms with E-state index in [1.807, 2.05) is 32.4 Å². The van der Waals surface area contributed by atoms with Crippen LogP contribution in [0.2, 0.25) is 0 Å². The molecule has 0 bridgehead atoms. The molecule has 1 saturated heterocycles. The Bertz CT molecular complexity index is 894. The van der Waals surface area contributed by atoms with E-state index in [9.17, 15) is 0 Å². The molecule has 0 amide bonds. The molecule has 0 spiro atoms. The number of morpholine rings is 1. The maximum Gasteiger partial charge on any atom is 0.130 e. The van der Waals surface area contributed by atoms with E-state index >= 15 is 0 Å². The van der Waals surface area contributed by atoms with Gasteiger partial charge in [0.25, 0.3) is 0 Å². The van der Waals surface area contributed by atoms with Crippen molar-refractivity contribution in [2.75, 3.05) is 44.0 Å². The van der Waals surface area contributed by atoms with Crippen LogP contribution in [-0.4, -0.2) is 43.7 Å². The van der Waals surface area contributed by atoms with Crippen LogP contribution in [-0.2, 0) is 11.3 Å². The number of aromatic nitrogens is 1. The minimum absolute atomic E-state index is 0.143. The molecule has 0 radical (unpaired) electrons. The molecule has 4 rings (SSSR count). The van der Waals surface area contributed by atoms with Crippen molar-refractivity contribution in [1.82, 2.24) is 9.88 Å². The SMILES string of the molecule is CN(C)c1ccc(Nc2ccc(CN3CCO[C@@H](c4ccccc4)C3)cn2)cc1. The first-order chi connectivity index (χ1) is 14.2. The fourth-order valence-corrected chi connectivity index (χ4v) is 3.56. The molecule has 1 aliphatic heterocycles. The minimum atomic E-state index is 0.143. The Hall–Kier alpha value is -2.89. The van der Waals surface area contributed by atoms with Gasteiger partial charge in [0.15, 0.2) is 0 Å². The van der Waals surface area contributed by atoms with Gasteiger partial charge in [-0.1, -0.05) is 36.4 Å². The summed E-state index contributed by atoms with van der Waals surface area (Å²) in [6, 6.07) is 23.0. The summed E-state index contributed by atoms with van der Waals surface area (Å²) in [5, 5.41) is 3.37. The quantitative estimate of drug-likeness (QED) is 0.675. The normalized spacial score (nSPS) is 17.1. The Balaban J connectivity index is 1.34. The molecule has 2 aromatic carbocycles. The number of pyridine rings is 1. The second-order valence-electron chi connectivity index (χ2n) is 7.62. The van der Waals surface area contributed by atoms with E-state index in [1.54, 1.807) is 0 Å². The molecule has 1 N–H and O–H groups in total. The molecule has 0 unspecified atom stereocenters. The van der Waals surface area contributed by atoms with Gasteiger partial charge < -0.3 is 15.0 Å². The van der Waals surface area contributed by atoms with Crippen LogP contribution in [0, 0.1) is 0 Å². The number of nitrogens with one attached hydrogen (secondary N) is 1. The lowest BCUT2D eigenvalue weighted by Crippen LogP contribution is -2.37. The predicted molar refractivity (Wildman–Crippen MR) is 119 cm³/mol. The smallest absolute Gasteiger partial charge is 0.130 e. The van der Waals surface area contributed by atoms with E-state index in [4.69, 9.17) is 4.74 Å². The maximum absolute atomic E-state index is 5.97. The van der Waals surface area contributed by atoms with Gasteiger partial charge >= 0.3 is 0 Å².